The van der Waals surface area contributed by atoms with Crippen molar-refractivity contribution in [2.24, 2.45) is 0 Å². The summed E-state index contributed by atoms with van der Waals surface area (Å²) in [6.45, 7) is 4.46. The highest BCUT2D eigenvalue weighted by molar-refractivity contribution is 7.10. The number of anilines is 2. The number of benzene rings is 1. The highest BCUT2D eigenvalue weighted by Gasteiger charge is 2.20. The number of nitrogens with one attached hydrogen (secondary N) is 1. The first-order chi connectivity index (χ1) is 10.2. The molecule has 5 nitrogen and oxygen atoms in total. The maximum absolute atomic E-state index is 11.1. The van der Waals surface area contributed by atoms with E-state index in [1.54, 1.807) is 23.5 Å². The number of nitro benzene ring substituents is 1. The molecule has 1 aliphatic heterocycles. The molecule has 0 saturated carbocycles. The van der Waals surface area contributed by atoms with Gasteiger partial charge in [0.15, 0.2) is 0 Å². The van der Waals surface area contributed by atoms with Crippen molar-refractivity contribution in [1.82, 2.24) is 0 Å². The smallest absolute Gasteiger partial charge is 0.273 e. The van der Waals surface area contributed by atoms with Crippen LogP contribution in [0, 0.1) is 10.1 Å². The number of non-ortho nitro benzene ring substituents is 1. The van der Waals surface area contributed by atoms with Gasteiger partial charge in [0.2, 0.25) is 0 Å². The summed E-state index contributed by atoms with van der Waals surface area (Å²) in [7, 11) is 0. The molecule has 0 saturated heterocycles. The van der Waals surface area contributed by atoms with Gasteiger partial charge in [-0.3, -0.25) is 10.1 Å². The minimum absolute atomic E-state index is 0.138. The SMILES string of the molecule is CCNc1cc(N2CCc3sccc3C2)cc([N+](=O)[O-])c1. The van der Waals surface area contributed by atoms with Gasteiger partial charge in [0.1, 0.15) is 0 Å². The average molecular weight is 303 g/mol. The fourth-order valence-corrected chi connectivity index (χ4v) is 3.55. The Morgan fingerprint density at radius 1 is 1.43 bits per heavy atom. The molecule has 2 aromatic rings. The number of nitrogens with zero attached hydrogens (tertiary/aromatic N) is 2. The zero-order valence-electron chi connectivity index (χ0n) is 11.8. The molecule has 0 aliphatic carbocycles. The van der Waals surface area contributed by atoms with Crippen molar-refractivity contribution < 1.29 is 4.92 Å². The van der Waals surface area contributed by atoms with Crippen molar-refractivity contribution in [3.8, 4) is 0 Å². The first-order valence-corrected chi connectivity index (χ1v) is 7.89. The zero-order valence-corrected chi connectivity index (χ0v) is 12.7. The first kappa shape index (κ1) is 13.9. The highest BCUT2D eigenvalue weighted by atomic mass is 32.1. The molecule has 1 aromatic carbocycles. The van der Waals surface area contributed by atoms with Crippen molar-refractivity contribution in [2.45, 2.75) is 19.9 Å². The van der Waals surface area contributed by atoms with Gasteiger partial charge >= 0.3 is 0 Å². The van der Waals surface area contributed by atoms with E-state index in [4.69, 9.17) is 0 Å². The van der Waals surface area contributed by atoms with Crippen LogP contribution in [-0.4, -0.2) is 18.0 Å². The Balaban J connectivity index is 1.92. The predicted octanol–water partition coefficient (Wildman–Crippen LogP) is 3.65. The summed E-state index contributed by atoms with van der Waals surface area (Å²) in [4.78, 5) is 14.4. The fraction of sp³-hybridized carbons (Fsp3) is 0.333. The van der Waals surface area contributed by atoms with E-state index in [1.165, 1.54) is 10.4 Å². The van der Waals surface area contributed by atoms with E-state index in [9.17, 15) is 10.1 Å². The minimum Gasteiger partial charge on any atom is -0.385 e. The van der Waals surface area contributed by atoms with E-state index in [0.717, 1.165) is 37.4 Å². The molecule has 110 valence electrons. The molecule has 0 amide bonds. The Hall–Kier alpha value is -2.08. The number of thiophene rings is 1. The normalized spacial score (nSPS) is 13.9. The molecule has 21 heavy (non-hydrogen) atoms. The van der Waals surface area contributed by atoms with Crippen LogP contribution in [0.1, 0.15) is 17.4 Å². The van der Waals surface area contributed by atoms with Crippen LogP contribution < -0.4 is 10.2 Å². The molecule has 1 N–H and O–H groups in total. The van der Waals surface area contributed by atoms with Crippen LogP contribution in [0.2, 0.25) is 0 Å². The third-order valence-corrected chi connectivity index (χ3v) is 4.69. The highest BCUT2D eigenvalue weighted by Crippen LogP contribution is 2.32. The summed E-state index contributed by atoms with van der Waals surface area (Å²) in [6, 6.07) is 7.40. The van der Waals surface area contributed by atoms with Gasteiger partial charge in [0.05, 0.1) is 4.92 Å². The van der Waals surface area contributed by atoms with Gasteiger partial charge in [-0.15, -0.1) is 11.3 Å². The Labute approximate surface area is 127 Å². The van der Waals surface area contributed by atoms with Crippen LogP contribution in [0.5, 0.6) is 0 Å². The number of fused-ring (bicyclic) bond motifs is 1. The molecule has 0 spiro atoms. The van der Waals surface area contributed by atoms with Gasteiger partial charge in [0.25, 0.3) is 5.69 Å². The van der Waals surface area contributed by atoms with E-state index in [0.29, 0.717) is 0 Å². The molecule has 0 radical (unpaired) electrons. The number of rotatable bonds is 4. The van der Waals surface area contributed by atoms with E-state index >= 15 is 0 Å². The third-order valence-electron chi connectivity index (χ3n) is 3.67. The molecule has 3 rings (SSSR count). The Morgan fingerprint density at radius 3 is 3.05 bits per heavy atom. The first-order valence-electron chi connectivity index (χ1n) is 7.01. The van der Waals surface area contributed by atoms with Gasteiger partial charge in [-0.25, -0.2) is 0 Å². The van der Waals surface area contributed by atoms with Gasteiger partial charge in [-0.05, 0) is 36.4 Å². The monoisotopic (exact) mass is 303 g/mol. The maximum Gasteiger partial charge on any atom is 0.273 e. The van der Waals surface area contributed by atoms with Crippen molar-refractivity contribution in [3.63, 3.8) is 0 Å². The van der Waals surface area contributed by atoms with Gasteiger partial charge in [-0.1, -0.05) is 0 Å². The Morgan fingerprint density at radius 2 is 2.29 bits per heavy atom. The molecular formula is C15H17N3O2S. The topological polar surface area (TPSA) is 58.4 Å². The largest absolute Gasteiger partial charge is 0.385 e. The molecule has 0 atom stereocenters. The van der Waals surface area contributed by atoms with Crippen LogP contribution in [0.3, 0.4) is 0 Å². The van der Waals surface area contributed by atoms with Crippen molar-refractivity contribution in [2.75, 3.05) is 23.3 Å². The summed E-state index contributed by atoms with van der Waals surface area (Å²) in [5.41, 5.74) is 3.19. The molecule has 0 unspecified atom stereocenters. The maximum atomic E-state index is 11.1. The molecule has 6 heteroatoms. The van der Waals surface area contributed by atoms with Crippen LogP contribution in [0.4, 0.5) is 17.1 Å². The lowest BCUT2D eigenvalue weighted by atomic mass is 10.1. The van der Waals surface area contributed by atoms with Gasteiger partial charge < -0.3 is 10.2 Å². The second kappa shape index (κ2) is 5.73. The van der Waals surface area contributed by atoms with Crippen LogP contribution in [-0.2, 0) is 13.0 Å². The van der Waals surface area contributed by atoms with Gasteiger partial charge in [0, 0.05) is 48.0 Å². The zero-order chi connectivity index (χ0) is 14.8. The van der Waals surface area contributed by atoms with Crippen molar-refractivity contribution >= 4 is 28.4 Å². The predicted molar refractivity (Wildman–Crippen MR) is 86.3 cm³/mol. The van der Waals surface area contributed by atoms with E-state index in [-0.39, 0.29) is 10.6 Å². The van der Waals surface area contributed by atoms with Crippen molar-refractivity contribution in [3.05, 3.63) is 50.2 Å². The summed E-state index contributed by atoms with van der Waals surface area (Å²) >= 11 is 1.79. The van der Waals surface area contributed by atoms with Crippen LogP contribution in [0.25, 0.3) is 0 Å². The molecule has 1 aromatic heterocycles. The number of hydrogen-bond acceptors (Lipinski definition) is 5. The summed E-state index contributed by atoms with van der Waals surface area (Å²) < 4.78 is 0. The molecule has 0 fully saturated rings. The van der Waals surface area contributed by atoms with Crippen molar-refractivity contribution in [1.29, 1.82) is 0 Å². The summed E-state index contributed by atoms with van der Waals surface area (Å²) in [5.74, 6) is 0. The second-order valence-corrected chi connectivity index (χ2v) is 6.07. The molecular weight excluding hydrogens is 286 g/mol. The third kappa shape index (κ3) is 2.85. The minimum atomic E-state index is -0.329. The van der Waals surface area contributed by atoms with Gasteiger partial charge in [-0.2, -0.15) is 0 Å². The lowest BCUT2D eigenvalue weighted by molar-refractivity contribution is -0.384. The lowest BCUT2D eigenvalue weighted by Crippen LogP contribution is -2.29. The quantitative estimate of drug-likeness (QED) is 0.692. The average Bonchev–Trinajstić information content (AvgIpc) is 2.94. The summed E-state index contributed by atoms with van der Waals surface area (Å²) in [6.07, 6.45) is 1.01. The number of hydrogen-bond donors (Lipinski definition) is 1. The Kier molecular flexibility index (Phi) is 3.79. The van der Waals surface area contributed by atoms with E-state index < -0.39 is 0 Å². The van der Waals surface area contributed by atoms with Crippen LogP contribution >= 0.6 is 11.3 Å². The second-order valence-electron chi connectivity index (χ2n) is 5.07. The molecule has 1 aliphatic rings. The fourth-order valence-electron chi connectivity index (χ4n) is 2.66. The molecule has 2 heterocycles. The molecule has 0 bridgehead atoms. The van der Waals surface area contributed by atoms with E-state index in [1.807, 2.05) is 13.0 Å². The Bertz CT molecular complexity index is 669. The van der Waals surface area contributed by atoms with Crippen LogP contribution in [0.15, 0.2) is 29.6 Å². The van der Waals surface area contributed by atoms with E-state index in [2.05, 4.69) is 21.7 Å². The number of nitro groups is 1. The lowest BCUT2D eigenvalue weighted by Gasteiger charge is -2.29. The summed E-state index contributed by atoms with van der Waals surface area (Å²) in [5, 5.41) is 16.4. The standard InChI is InChI=1S/C15H17N3O2S/c1-2-16-12-7-13(9-14(8-12)18(19)20)17-5-3-15-11(10-17)4-6-21-15/h4,6-9,16H,2-3,5,10H2,1H3.